The molecule has 1 aromatic heterocycles. The Morgan fingerprint density at radius 1 is 1.08 bits per heavy atom. The second-order valence-corrected chi connectivity index (χ2v) is 9.21. The summed E-state index contributed by atoms with van der Waals surface area (Å²) in [6.45, 7) is 0.757. The molecule has 196 valence electrons. The lowest BCUT2D eigenvalue weighted by Crippen LogP contribution is -2.39. The number of rotatable bonds is 7. The van der Waals surface area contributed by atoms with Gasteiger partial charge in [0, 0.05) is 49.9 Å². The molecule has 2 saturated heterocycles. The number of fused-ring (bicyclic) bond motifs is 1. The molecule has 0 unspecified atom stereocenters. The molecule has 5 rings (SSSR count). The summed E-state index contributed by atoms with van der Waals surface area (Å²) in [6.07, 6.45) is -1.73. The molecule has 0 aliphatic carbocycles. The van der Waals surface area contributed by atoms with Gasteiger partial charge in [-0.2, -0.15) is 13.2 Å². The average molecular weight is 518 g/mol. The van der Waals surface area contributed by atoms with Gasteiger partial charge >= 0.3 is 6.18 Å². The molecule has 37 heavy (non-hydrogen) atoms. The van der Waals surface area contributed by atoms with Crippen LogP contribution in [0, 0.1) is 0 Å². The number of pyridine rings is 1. The number of benzene rings is 1. The Labute approximate surface area is 210 Å². The first-order valence-electron chi connectivity index (χ1n) is 12.0. The molecule has 2 fully saturated rings. The van der Waals surface area contributed by atoms with Crippen LogP contribution in [-0.4, -0.2) is 77.6 Å². The molecule has 0 bridgehead atoms. The molecule has 0 radical (unpaired) electrons. The van der Waals surface area contributed by atoms with E-state index in [0.29, 0.717) is 30.8 Å². The van der Waals surface area contributed by atoms with Crippen molar-refractivity contribution in [2.24, 2.45) is 0 Å². The minimum absolute atomic E-state index is 0.0372. The SMILES string of the molecule is O=C(CN1Cc2ccc(N3CC[C@@H](Oc4ccc(OCC(F)(F)F)nc4)C3=O)cc2C1=O)N1CCCC1. The highest BCUT2D eigenvalue weighted by molar-refractivity contribution is 6.03. The highest BCUT2D eigenvalue weighted by atomic mass is 19.4. The zero-order valence-corrected chi connectivity index (χ0v) is 19.9. The first kappa shape index (κ1) is 24.8. The van der Waals surface area contributed by atoms with Crippen LogP contribution in [0.4, 0.5) is 18.9 Å². The Bertz CT molecular complexity index is 1200. The molecule has 9 nitrogen and oxygen atoms in total. The Morgan fingerprint density at radius 3 is 2.57 bits per heavy atom. The summed E-state index contributed by atoms with van der Waals surface area (Å²) < 4.78 is 47.1. The van der Waals surface area contributed by atoms with E-state index in [1.807, 2.05) is 0 Å². The number of nitrogens with zero attached hydrogens (tertiary/aromatic N) is 4. The van der Waals surface area contributed by atoms with Crippen molar-refractivity contribution >= 4 is 23.4 Å². The first-order valence-corrected chi connectivity index (χ1v) is 12.0. The molecule has 0 saturated carbocycles. The summed E-state index contributed by atoms with van der Waals surface area (Å²) >= 11 is 0. The third-order valence-corrected chi connectivity index (χ3v) is 6.60. The summed E-state index contributed by atoms with van der Waals surface area (Å²) in [7, 11) is 0. The number of carbonyl (C=O) groups excluding carboxylic acids is 3. The molecule has 3 aliphatic heterocycles. The van der Waals surface area contributed by atoms with E-state index >= 15 is 0 Å². The van der Waals surface area contributed by atoms with Crippen molar-refractivity contribution in [1.29, 1.82) is 0 Å². The Balaban J connectivity index is 1.20. The summed E-state index contributed by atoms with van der Waals surface area (Å²) in [5.74, 6) is -0.570. The van der Waals surface area contributed by atoms with Crippen LogP contribution >= 0.6 is 0 Å². The number of alkyl halides is 3. The monoisotopic (exact) mass is 518 g/mol. The maximum absolute atomic E-state index is 13.0. The van der Waals surface area contributed by atoms with Crippen LogP contribution in [0.3, 0.4) is 0 Å². The van der Waals surface area contributed by atoms with Gasteiger partial charge in [0.1, 0.15) is 12.3 Å². The quantitative estimate of drug-likeness (QED) is 0.560. The summed E-state index contributed by atoms with van der Waals surface area (Å²) in [5, 5.41) is 0. The molecule has 1 atom stereocenters. The number of carbonyl (C=O) groups is 3. The highest BCUT2D eigenvalue weighted by Gasteiger charge is 2.36. The maximum atomic E-state index is 13.0. The van der Waals surface area contributed by atoms with Gasteiger partial charge in [-0.25, -0.2) is 4.98 Å². The van der Waals surface area contributed by atoms with Crippen LogP contribution in [0.5, 0.6) is 11.6 Å². The number of hydrogen-bond donors (Lipinski definition) is 0. The number of amides is 3. The number of aromatic nitrogens is 1. The van der Waals surface area contributed by atoms with Gasteiger partial charge in [-0.15, -0.1) is 0 Å². The van der Waals surface area contributed by atoms with E-state index in [2.05, 4.69) is 9.72 Å². The molecule has 12 heteroatoms. The van der Waals surface area contributed by atoms with Crippen LogP contribution < -0.4 is 14.4 Å². The van der Waals surface area contributed by atoms with Crippen molar-refractivity contribution in [3.8, 4) is 11.6 Å². The fourth-order valence-corrected chi connectivity index (χ4v) is 4.74. The fraction of sp³-hybridized carbons (Fsp3) is 0.440. The number of likely N-dealkylation sites (tertiary alicyclic amines) is 1. The van der Waals surface area contributed by atoms with E-state index in [0.717, 1.165) is 31.5 Å². The van der Waals surface area contributed by atoms with Crippen LogP contribution in [-0.2, 0) is 16.1 Å². The molecular formula is C25H25F3N4O5. The Kier molecular flexibility index (Phi) is 6.65. The van der Waals surface area contributed by atoms with E-state index in [-0.39, 0.29) is 35.9 Å². The van der Waals surface area contributed by atoms with Gasteiger partial charge in [0.05, 0.1) is 6.20 Å². The zero-order valence-electron chi connectivity index (χ0n) is 19.9. The van der Waals surface area contributed by atoms with Gasteiger partial charge in [-0.3, -0.25) is 14.4 Å². The fourth-order valence-electron chi connectivity index (χ4n) is 4.74. The van der Waals surface area contributed by atoms with Crippen molar-refractivity contribution in [2.45, 2.75) is 38.1 Å². The molecule has 0 N–H and O–H groups in total. The molecular weight excluding hydrogens is 493 g/mol. The van der Waals surface area contributed by atoms with Crippen LogP contribution in [0.25, 0.3) is 0 Å². The Hall–Kier alpha value is -3.83. The predicted molar refractivity (Wildman–Crippen MR) is 124 cm³/mol. The summed E-state index contributed by atoms with van der Waals surface area (Å²) in [6, 6.07) is 7.87. The summed E-state index contributed by atoms with van der Waals surface area (Å²) in [4.78, 5) is 47.1. The van der Waals surface area contributed by atoms with Gasteiger partial charge in [0.2, 0.25) is 11.8 Å². The maximum Gasteiger partial charge on any atom is 0.422 e. The number of halogens is 3. The second kappa shape index (κ2) is 9.91. The minimum Gasteiger partial charge on any atom is -0.479 e. The van der Waals surface area contributed by atoms with Crippen molar-refractivity contribution in [3.63, 3.8) is 0 Å². The lowest BCUT2D eigenvalue weighted by molar-refractivity contribution is -0.154. The van der Waals surface area contributed by atoms with Crippen LogP contribution in [0.1, 0.15) is 35.2 Å². The van der Waals surface area contributed by atoms with Crippen molar-refractivity contribution in [2.75, 3.05) is 37.7 Å². The zero-order chi connectivity index (χ0) is 26.2. The smallest absolute Gasteiger partial charge is 0.422 e. The van der Waals surface area contributed by atoms with E-state index in [9.17, 15) is 27.6 Å². The van der Waals surface area contributed by atoms with Crippen molar-refractivity contribution in [1.82, 2.24) is 14.8 Å². The third-order valence-electron chi connectivity index (χ3n) is 6.60. The van der Waals surface area contributed by atoms with Gasteiger partial charge in [-0.05, 0) is 36.6 Å². The molecule has 1 aromatic carbocycles. The van der Waals surface area contributed by atoms with Crippen molar-refractivity contribution < 1.29 is 37.0 Å². The number of anilines is 1. The van der Waals surface area contributed by atoms with Gasteiger partial charge in [0.25, 0.3) is 11.8 Å². The second-order valence-electron chi connectivity index (χ2n) is 9.21. The largest absolute Gasteiger partial charge is 0.479 e. The number of ether oxygens (including phenoxy) is 2. The average Bonchev–Trinajstić information content (AvgIpc) is 3.59. The standard InChI is InChI=1S/C25H25F3N4O5/c26-25(27,28)15-36-21-6-5-18(12-29-21)37-20-7-10-32(24(20)35)17-4-3-16-13-31(23(34)19(16)11-17)14-22(33)30-8-1-2-9-30/h3-6,11-12,20H,1-2,7-10,13-15H2/t20-/m1/s1. The topological polar surface area (TPSA) is 92.3 Å². The van der Waals surface area contributed by atoms with Crippen molar-refractivity contribution in [3.05, 3.63) is 47.7 Å². The lowest BCUT2D eigenvalue weighted by Gasteiger charge is -2.20. The predicted octanol–water partition coefficient (Wildman–Crippen LogP) is 2.79. The highest BCUT2D eigenvalue weighted by Crippen LogP contribution is 2.31. The first-order chi connectivity index (χ1) is 17.7. The number of hydrogen-bond acceptors (Lipinski definition) is 6. The minimum atomic E-state index is -4.47. The van der Waals surface area contributed by atoms with Crippen LogP contribution in [0.2, 0.25) is 0 Å². The molecule has 2 aromatic rings. The lowest BCUT2D eigenvalue weighted by atomic mass is 10.1. The van der Waals surface area contributed by atoms with Gasteiger partial charge < -0.3 is 24.2 Å². The van der Waals surface area contributed by atoms with E-state index in [1.54, 1.807) is 23.1 Å². The molecule has 4 heterocycles. The van der Waals surface area contributed by atoms with Crippen LogP contribution in [0.15, 0.2) is 36.5 Å². The van der Waals surface area contributed by atoms with Gasteiger partial charge in [-0.1, -0.05) is 6.07 Å². The molecule has 0 spiro atoms. The third kappa shape index (κ3) is 5.47. The molecule has 3 aliphatic rings. The van der Waals surface area contributed by atoms with Gasteiger partial charge in [0.15, 0.2) is 12.7 Å². The van der Waals surface area contributed by atoms with E-state index < -0.39 is 18.9 Å². The molecule has 3 amide bonds. The summed E-state index contributed by atoms with van der Waals surface area (Å²) in [5.41, 5.74) is 1.84. The van der Waals surface area contributed by atoms with E-state index in [1.165, 1.54) is 28.1 Å². The Morgan fingerprint density at radius 2 is 1.86 bits per heavy atom. The normalized spacial score (nSPS) is 19.5. The van der Waals surface area contributed by atoms with E-state index in [4.69, 9.17) is 4.74 Å².